The average molecular weight is 294 g/mol. The minimum Gasteiger partial charge on any atom is -0.389 e. The molecule has 0 aromatic heterocycles. The van der Waals surface area contributed by atoms with Gasteiger partial charge in [-0.2, -0.15) is 0 Å². The van der Waals surface area contributed by atoms with E-state index in [1.807, 2.05) is 0 Å². The highest BCUT2D eigenvalue weighted by Crippen LogP contribution is 2.38. The van der Waals surface area contributed by atoms with Gasteiger partial charge in [0.1, 0.15) is 0 Å². The summed E-state index contributed by atoms with van der Waals surface area (Å²) in [6.45, 7) is 6.53. The van der Waals surface area contributed by atoms with E-state index < -0.39 is 6.10 Å². The number of aliphatic hydroxyl groups excluding tert-OH is 1. The highest BCUT2D eigenvalue weighted by atomic mass is 16.3. The van der Waals surface area contributed by atoms with Gasteiger partial charge >= 0.3 is 0 Å². The molecule has 0 fully saturated rings. The lowest BCUT2D eigenvalue weighted by Gasteiger charge is -2.34. The van der Waals surface area contributed by atoms with E-state index in [4.69, 9.17) is 0 Å². The summed E-state index contributed by atoms with van der Waals surface area (Å²) in [5.41, 5.74) is 0.940. The monoisotopic (exact) mass is 294 g/mol. The SMILES string of the molecule is CCCCCCCCCCC(O)C1=CC(=O)CCC1(C)C. The van der Waals surface area contributed by atoms with Crippen molar-refractivity contribution in [3.63, 3.8) is 0 Å². The molecule has 122 valence electrons. The van der Waals surface area contributed by atoms with Crippen LogP contribution in [0.4, 0.5) is 0 Å². The van der Waals surface area contributed by atoms with Crippen LogP contribution in [-0.4, -0.2) is 17.0 Å². The molecule has 0 spiro atoms. The molecule has 0 saturated heterocycles. The van der Waals surface area contributed by atoms with Gasteiger partial charge < -0.3 is 5.11 Å². The number of carbonyl (C=O) groups is 1. The molecule has 1 atom stereocenters. The van der Waals surface area contributed by atoms with Crippen molar-refractivity contribution in [3.05, 3.63) is 11.6 Å². The summed E-state index contributed by atoms with van der Waals surface area (Å²) < 4.78 is 0. The van der Waals surface area contributed by atoms with Gasteiger partial charge in [-0.15, -0.1) is 0 Å². The van der Waals surface area contributed by atoms with Crippen LogP contribution in [-0.2, 0) is 4.79 Å². The Labute approximate surface area is 131 Å². The molecule has 0 aromatic rings. The van der Waals surface area contributed by atoms with Gasteiger partial charge in [-0.3, -0.25) is 4.79 Å². The molecule has 1 rings (SSSR count). The molecule has 1 aliphatic carbocycles. The van der Waals surface area contributed by atoms with E-state index in [0.717, 1.165) is 24.8 Å². The van der Waals surface area contributed by atoms with Gasteiger partial charge in [0.05, 0.1) is 6.10 Å². The Morgan fingerprint density at radius 2 is 1.67 bits per heavy atom. The number of hydrogen-bond donors (Lipinski definition) is 1. The average Bonchev–Trinajstić information content (AvgIpc) is 2.44. The van der Waals surface area contributed by atoms with Crippen LogP contribution in [0.3, 0.4) is 0 Å². The van der Waals surface area contributed by atoms with Crippen molar-refractivity contribution in [1.82, 2.24) is 0 Å². The molecule has 1 aliphatic rings. The first-order valence-corrected chi connectivity index (χ1v) is 8.90. The number of unbranched alkanes of at least 4 members (excludes halogenated alkanes) is 7. The van der Waals surface area contributed by atoms with Crippen molar-refractivity contribution in [1.29, 1.82) is 0 Å². The lowest BCUT2D eigenvalue weighted by Crippen LogP contribution is -2.29. The fourth-order valence-electron chi connectivity index (χ4n) is 3.20. The quantitative estimate of drug-likeness (QED) is 0.563. The van der Waals surface area contributed by atoms with Crippen LogP contribution in [0.25, 0.3) is 0 Å². The molecule has 21 heavy (non-hydrogen) atoms. The minimum atomic E-state index is -0.427. The van der Waals surface area contributed by atoms with Crippen LogP contribution in [0.5, 0.6) is 0 Å². The van der Waals surface area contributed by atoms with Crippen LogP contribution in [0.2, 0.25) is 0 Å². The van der Waals surface area contributed by atoms with Gasteiger partial charge in [0.2, 0.25) is 0 Å². The Bertz CT molecular complexity index is 341. The van der Waals surface area contributed by atoms with Crippen LogP contribution >= 0.6 is 0 Å². The fraction of sp³-hybridized carbons (Fsp3) is 0.842. The predicted octanol–water partition coefficient (Wildman–Crippen LogP) is 5.19. The largest absolute Gasteiger partial charge is 0.389 e. The molecule has 0 bridgehead atoms. The molecule has 0 amide bonds. The Balaban J connectivity index is 2.21. The number of carbonyl (C=O) groups excluding carboxylic acids is 1. The number of aliphatic hydroxyl groups is 1. The summed E-state index contributed by atoms with van der Waals surface area (Å²) in [6.07, 6.45) is 13.8. The number of rotatable bonds is 10. The van der Waals surface area contributed by atoms with E-state index >= 15 is 0 Å². The topological polar surface area (TPSA) is 37.3 Å². The van der Waals surface area contributed by atoms with Gasteiger partial charge in [-0.1, -0.05) is 72.1 Å². The summed E-state index contributed by atoms with van der Waals surface area (Å²) in [5, 5.41) is 10.4. The third-order valence-electron chi connectivity index (χ3n) is 4.78. The van der Waals surface area contributed by atoms with Crippen LogP contribution in [0.1, 0.15) is 91.4 Å². The zero-order chi connectivity index (χ0) is 15.7. The van der Waals surface area contributed by atoms with Crippen molar-refractivity contribution in [2.45, 2.75) is 97.5 Å². The second-order valence-electron chi connectivity index (χ2n) is 7.23. The molecule has 0 radical (unpaired) electrons. The first kappa shape index (κ1) is 18.4. The van der Waals surface area contributed by atoms with Crippen LogP contribution in [0.15, 0.2) is 11.6 Å². The van der Waals surface area contributed by atoms with Gasteiger partial charge in [0.15, 0.2) is 5.78 Å². The Hall–Kier alpha value is -0.630. The first-order valence-electron chi connectivity index (χ1n) is 8.90. The molecule has 1 N–H and O–H groups in total. The standard InChI is InChI=1S/C19H34O2/c1-4-5-6-7-8-9-10-11-12-18(21)17-15-16(20)13-14-19(17,2)3/h15,18,21H,4-14H2,1-3H3. The molecule has 0 saturated carbocycles. The lowest BCUT2D eigenvalue weighted by atomic mass is 9.72. The van der Waals surface area contributed by atoms with Gasteiger partial charge in [-0.25, -0.2) is 0 Å². The normalized spacial score (nSPS) is 19.4. The highest BCUT2D eigenvalue weighted by molar-refractivity contribution is 5.91. The lowest BCUT2D eigenvalue weighted by molar-refractivity contribution is -0.115. The zero-order valence-electron chi connectivity index (χ0n) is 14.3. The van der Waals surface area contributed by atoms with Crippen molar-refractivity contribution in [2.75, 3.05) is 0 Å². The number of allylic oxidation sites excluding steroid dienone is 1. The molecule has 2 heteroatoms. The third kappa shape index (κ3) is 6.78. The van der Waals surface area contributed by atoms with E-state index in [0.29, 0.717) is 6.42 Å². The number of ketones is 1. The van der Waals surface area contributed by atoms with E-state index in [1.165, 1.54) is 44.9 Å². The second kappa shape index (κ2) is 9.40. The molecule has 0 aromatic carbocycles. The molecular formula is C19H34O2. The van der Waals surface area contributed by atoms with E-state index in [-0.39, 0.29) is 11.2 Å². The van der Waals surface area contributed by atoms with Crippen LogP contribution < -0.4 is 0 Å². The fourth-order valence-corrected chi connectivity index (χ4v) is 3.20. The highest BCUT2D eigenvalue weighted by Gasteiger charge is 2.32. The zero-order valence-corrected chi connectivity index (χ0v) is 14.3. The minimum absolute atomic E-state index is 0.0204. The Morgan fingerprint density at radius 1 is 1.10 bits per heavy atom. The first-order chi connectivity index (χ1) is 9.97. The van der Waals surface area contributed by atoms with Crippen LogP contribution in [0, 0.1) is 5.41 Å². The molecular weight excluding hydrogens is 260 g/mol. The molecule has 0 heterocycles. The smallest absolute Gasteiger partial charge is 0.155 e. The van der Waals surface area contributed by atoms with Gasteiger partial charge in [0.25, 0.3) is 0 Å². The second-order valence-corrected chi connectivity index (χ2v) is 7.23. The number of hydrogen-bond acceptors (Lipinski definition) is 2. The predicted molar refractivity (Wildman–Crippen MR) is 89.3 cm³/mol. The molecule has 0 aliphatic heterocycles. The summed E-state index contributed by atoms with van der Waals surface area (Å²) in [4.78, 5) is 11.6. The summed E-state index contributed by atoms with van der Waals surface area (Å²) in [6, 6.07) is 0. The van der Waals surface area contributed by atoms with Gasteiger partial charge in [0, 0.05) is 6.42 Å². The molecule has 2 nitrogen and oxygen atoms in total. The summed E-state index contributed by atoms with van der Waals surface area (Å²) in [5.74, 6) is 0.180. The maximum Gasteiger partial charge on any atom is 0.155 e. The van der Waals surface area contributed by atoms with Gasteiger partial charge in [-0.05, 0) is 29.9 Å². The summed E-state index contributed by atoms with van der Waals surface area (Å²) >= 11 is 0. The van der Waals surface area contributed by atoms with E-state index in [2.05, 4.69) is 20.8 Å². The maximum absolute atomic E-state index is 11.6. The molecule has 1 unspecified atom stereocenters. The van der Waals surface area contributed by atoms with Crippen molar-refractivity contribution >= 4 is 5.78 Å². The van der Waals surface area contributed by atoms with E-state index in [1.54, 1.807) is 6.08 Å². The maximum atomic E-state index is 11.6. The van der Waals surface area contributed by atoms with Crippen molar-refractivity contribution in [2.24, 2.45) is 5.41 Å². The summed E-state index contributed by atoms with van der Waals surface area (Å²) in [7, 11) is 0. The Kier molecular flexibility index (Phi) is 8.24. The third-order valence-corrected chi connectivity index (χ3v) is 4.78. The Morgan fingerprint density at radius 3 is 2.29 bits per heavy atom. The van der Waals surface area contributed by atoms with Crippen molar-refractivity contribution < 1.29 is 9.90 Å². The van der Waals surface area contributed by atoms with Crippen molar-refractivity contribution in [3.8, 4) is 0 Å². The van der Waals surface area contributed by atoms with E-state index in [9.17, 15) is 9.90 Å².